The van der Waals surface area contributed by atoms with Crippen LogP contribution in [-0.2, 0) is 14.3 Å². The summed E-state index contributed by atoms with van der Waals surface area (Å²) in [6.45, 7) is 2.50. The van der Waals surface area contributed by atoms with Crippen LogP contribution < -0.4 is 5.32 Å². The molecule has 3 atom stereocenters. The highest BCUT2D eigenvalue weighted by molar-refractivity contribution is 7.08. The Labute approximate surface area is 162 Å². The first-order valence-electron chi connectivity index (χ1n) is 9.07. The van der Waals surface area contributed by atoms with E-state index in [9.17, 15) is 9.90 Å². The van der Waals surface area contributed by atoms with Gasteiger partial charge in [0, 0.05) is 31.2 Å². The zero-order valence-corrected chi connectivity index (χ0v) is 16.0. The number of aliphatic hydroxyl groups excluding tert-OH is 1. The van der Waals surface area contributed by atoms with E-state index in [1.54, 1.807) is 35.9 Å². The maximum Gasteiger partial charge on any atom is 0.290 e. The molecule has 2 aromatic heterocycles. The van der Waals surface area contributed by atoms with E-state index in [4.69, 9.17) is 9.47 Å². The SMILES string of the molecule is CCO[C@@H]1OC(C(=O)Nc2cccnc2)=C[C@H](c2ccsc2)[C@H]1CCCO. The summed E-state index contributed by atoms with van der Waals surface area (Å²) in [6, 6.07) is 5.59. The van der Waals surface area contributed by atoms with Crippen molar-refractivity contribution < 1.29 is 19.4 Å². The zero-order valence-electron chi connectivity index (χ0n) is 15.2. The summed E-state index contributed by atoms with van der Waals surface area (Å²) in [5, 5.41) is 16.2. The minimum absolute atomic E-state index is 0.0113. The van der Waals surface area contributed by atoms with Gasteiger partial charge < -0.3 is 19.9 Å². The molecule has 1 amide bonds. The van der Waals surface area contributed by atoms with Crippen molar-refractivity contribution in [2.45, 2.75) is 32.0 Å². The average Bonchev–Trinajstić information content (AvgIpc) is 3.22. The Balaban J connectivity index is 1.87. The molecule has 3 heterocycles. The van der Waals surface area contributed by atoms with Crippen LogP contribution in [0.15, 0.2) is 53.2 Å². The molecule has 1 aliphatic heterocycles. The summed E-state index contributed by atoms with van der Waals surface area (Å²) in [6.07, 6.45) is 5.97. The molecule has 7 heteroatoms. The molecule has 1 aliphatic rings. The second-order valence-corrected chi connectivity index (χ2v) is 7.06. The Morgan fingerprint density at radius 2 is 2.33 bits per heavy atom. The summed E-state index contributed by atoms with van der Waals surface area (Å²) in [5.74, 6) is -0.0633. The van der Waals surface area contributed by atoms with Crippen LogP contribution in [0.5, 0.6) is 0 Å². The van der Waals surface area contributed by atoms with Crippen LogP contribution in [0, 0.1) is 5.92 Å². The van der Waals surface area contributed by atoms with E-state index in [0.29, 0.717) is 18.7 Å². The van der Waals surface area contributed by atoms with Gasteiger partial charge in [-0.1, -0.05) is 0 Å². The predicted octanol–water partition coefficient (Wildman–Crippen LogP) is 3.53. The van der Waals surface area contributed by atoms with E-state index in [-0.39, 0.29) is 30.1 Å². The van der Waals surface area contributed by atoms with Gasteiger partial charge in [0.15, 0.2) is 5.76 Å². The molecular formula is C20H24N2O4S. The van der Waals surface area contributed by atoms with Gasteiger partial charge >= 0.3 is 0 Å². The van der Waals surface area contributed by atoms with Crippen LogP contribution in [0.2, 0.25) is 0 Å². The monoisotopic (exact) mass is 388 g/mol. The standard InChI is InChI=1S/C20H24N2O4S/c1-2-25-20-16(6-4-9-23)17(14-7-10-27-13-14)11-18(26-20)19(24)22-15-5-3-8-21-12-15/h3,5,7-8,10-13,16-17,20,23H,2,4,6,9H2,1H3,(H,22,24)/t16-,17-,20-/m1/s1. The molecule has 144 valence electrons. The van der Waals surface area contributed by atoms with E-state index < -0.39 is 6.29 Å². The maximum absolute atomic E-state index is 12.7. The molecule has 0 bridgehead atoms. The number of anilines is 1. The molecule has 3 rings (SSSR count). The summed E-state index contributed by atoms with van der Waals surface area (Å²) in [4.78, 5) is 16.7. The first-order valence-corrected chi connectivity index (χ1v) is 10.0. The lowest BCUT2D eigenvalue weighted by molar-refractivity contribution is -0.164. The molecule has 0 saturated carbocycles. The van der Waals surface area contributed by atoms with Crippen LogP contribution in [-0.4, -0.2) is 35.5 Å². The Bertz CT molecular complexity index is 749. The lowest BCUT2D eigenvalue weighted by Crippen LogP contribution is -2.37. The Morgan fingerprint density at radius 3 is 3.00 bits per heavy atom. The number of aromatic nitrogens is 1. The Hall–Kier alpha value is -2.22. The second kappa shape index (κ2) is 9.64. The van der Waals surface area contributed by atoms with Crippen LogP contribution in [0.4, 0.5) is 5.69 Å². The fourth-order valence-electron chi connectivity index (χ4n) is 3.24. The molecule has 0 aromatic carbocycles. The number of hydrogen-bond acceptors (Lipinski definition) is 6. The third kappa shape index (κ3) is 4.94. The average molecular weight is 388 g/mol. The van der Waals surface area contributed by atoms with Gasteiger partial charge in [0.2, 0.25) is 6.29 Å². The van der Waals surface area contributed by atoms with E-state index in [2.05, 4.69) is 21.7 Å². The van der Waals surface area contributed by atoms with Gasteiger partial charge in [0.25, 0.3) is 5.91 Å². The van der Waals surface area contributed by atoms with Gasteiger partial charge in [-0.05, 0) is 60.4 Å². The highest BCUT2D eigenvalue weighted by Gasteiger charge is 2.37. The predicted molar refractivity (Wildman–Crippen MR) is 104 cm³/mol. The highest BCUT2D eigenvalue weighted by Crippen LogP contribution is 2.40. The number of thiophene rings is 1. The van der Waals surface area contributed by atoms with Crippen LogP contribution >= 0.6 is 11.3 Å². The number of hydrogen-bond donors (Lipinski definition) is 2. The molecule has 0 radical (unpaired) electrons. The number of carbonyl (C=O) groups is 1. The molecular weight excluding hydrogens is 364 g/mol. The summed E-state index contributed by atoms with van der Waals surface area (Å²) < 4.78 is 11.7. The summed E-state index contributed by atoms with van der Waals surface area (Å²) in [7, 11) is 0. The van der Waals surface area contributed by atoms with E-state index in [1.807, 2.05) is 18.4 Å². The lowest BCUT2D eigenvalue weighted by atomic mass is 9.81. The zero-order chi connectivity index (χ0) is 19.1. The largest absolute Gasteiger partial charge is 0.459 e. The Kier molecular flexibility index (Phi) is 6.98. The van der Waals surface area contributed by atoms with Gasteiger partial charge in [-0.3, -0.25) is 9.78 Å². The Morgan fingerprint density at radius 1 is 1.44 bits per heavy atom. The van der Waals surface area contributed by atoms with Crippen LogP contribution in [0.3, 0.4) is 0 Å². The van der Waals surface area contributed by atoms with Gasteiger partial charge in [0.05, 0.1) is 11.9 Å². The maximum atomic E-state index is 12.7. The van der Waals surface area contributed by atoms with Crippen molar-refractivity contribution in [3.05, 3.63) is 58.8 Å². The number of amides is 1. The molecule has 0 fully saturated rings. The third-order valence-corrected chi connectivity index (χ3v) is 5.18. The van der Waals surface area contributed by atoms with Gasteiger partial charge in [-0.15, -0.1) is 0 Å². The van der Waals surface area contributed by atoms with Crippen molar-refractivity contribution in [2.75, 3.05) is 18.5 Å². The van der Waals surface area contributed by atoms with Crippen LogP contribution in [0.1, 0.15) is 31.2 Å². The van der Waals surface area contributed by atoms with Crippen molar-refractivity contribution in [2.24, 2.45) is 5.92 Å². The van der Waals surface area contributed by atoms with Gasteiger partial charge in [-0.2, -0.15) is 11.3 Å². The molecule has 0 saturated heterocycles. The van der Waals surface area contributed by atoms with E-state index in [0.717, 1.165) is 12.0 Å². The molecule has 0 aliphatic carbocycles. The van der Waals surface area contributed by atoms with Crippen molar-refractivity contribution in [3.8, 4) is 0 Å². The molecule has 2 N–H and O–H groups in total. The minimum Gasteiger partial charge on any atom is -0.459 e. The summed E-state index contributed by atoms with van der Waals surface area (Å²) in [5.41, 5.74) is 1.73. The number of nitrogens with one attached hydrogen (secondary N) is 1. The number of carbonyl (C=O) groups excluding carboxylic acids is 1. The second-order valence-electron chi connectivity index (χ2n) is 6.28. The molecule has 6 nitrogen and oxygen atoms in total. The number of pyridine rings is 1. The number of ether oxygens (including phenoxy) is 2. The lowest BCUT2D eigenvalue weighted by Gasteiger charge is -2.36. The molecule has 0 unspecified atom stereocenters. The van der Waals surface area contributed by atoms with Gasteiger partial charge in [0.1, 0.15) is 0 Å². The number of nitrogens with zero attached hydrogens (tertiary/aromatic N) is 1. The highest BCUT2D eigenvalue weighted by atomic mass is 32.1. The van der Waals surface area contributed by atoms with Crippen molar-refractivity contribution in [3.63, 3.8) is 0 Å². The first kappa shape index (κ1) is 19.5. The van der Waals surface area contributed by atoms with Gasteiger partial charge in [-0.25, -0.2) is 0 Å². The normalized spacial score (nSPS) is 22.0. The smallest absolute Gasteiger partial charge is 0.290 e. The number of aliphatic hydroxyl groups is 1. The van der Waals surface area contributed by atoms with Crippen molar-refractivity contribution in [1.82, 2.24) is 4.98 Å². The van der Waals surface area contributed by atoms with Crippen LogP contribution in [0.25, 0.3) is 0 Å². The van der Waals surface area contributed by atoms with Crippen molar-refractivity contribution >= 4 is 22.9 Å². The molecule has 27 heavy (non-hydrogen) atoms. The summed E-state index contributed by atoms with van der Waals surface area (Å²) >= 11 is 1.62. The fraction of sp³-hybridized carbons (Fsp3) is 0.400. The van der Waals surface area contributed by atoms with E-state index in [1.165, 1.54) is 0 Å². The quantitative estimate of drug-likeness (QED) is 0.723. The topological polar surface area (TPSA) is 80.7 Å². The van der Waals surface area contributed by atoms with E-state index >= 15 is 0 Å². The fourth-order valence-corrected chi connectivity index (χ4v) is 3.95. The number of rotatable bonds is 8. The first-order chi connectivity index (χ1) is 13.2. The third-order valence-electron chi connectivity index (χ3n) is 4.48. The molecule has 0 spiro atoms. The minimum atomic E-state index is -0.536. The molecule has 2 aromatic rings. The van der Waals surface area contributed by atoms with Crippen molar-refractivity contribution in [1.29, 1.82) is 0 Å². The number of allylic oxidation sites excluding steroid dienone is 1.